The van der Waals surface area contributed by atoms with Crippen molar-refractivity contribution in [3.05, 3.63) is 11.1 Å². The Balaban J connectivity index is 2.98. The Labute approximate surface area is 85.1 Å². The average molecular weight is 196 g/mol. The van der Waals surface area contributed by atoms with Crippen LogP contribution in [0.3, 0.4) is 0 Å². The van der Waals surface area contributed by atoms with Crippen LogP contribution in [-0.2, 0) is 9.53 Å². The van der Waals surface area contributed by atoms with Gasteiger partial charge in [0, 0.05) is 18.1 Å². The Hall–Kier alpha value is -1.12. The van der Waals surface area contributed by atoms with Crippen molar-refractivity contribution in [3.63, 3.8) is 0 Å². The fourth-order valence-electron chi connectivity index (χ4n) is 1.80. The van der Waals surface area contributed by atoms with Crippen molar-refractivity contribution in [1.82, 2.24) is 0 Å². The van der Waals surface area contributed by atoms with Gasteiger partial charge >= 0.3 is 5.97 Å². The van der Waals surface area contributed by atoms with Crippen LogP contribution in [0.25, 0.3) is 0 Å². The molecule has 0 amide bonds. The molecule has 78 valence electrons. The van der Waals surface area contributed by atoms with Crippen molar-refractivity contribution in [3.8, 4) is 0 Å². The number of ether oxygens (including phenoxy) is 1. The van der Waals surface area contributed by atoms with E-state index in [1.807, 2.05) is 39.3 Å². The molecule has 0 bridgehead atoms. The highest BCUT2D eigenvalue weighted by atomic mass is 16.5. The Kier molecular flexibility index (Phi) is 3.09. The number of carbonyl (C=O) groups is 1. The maximum absolute atomic E-state index is 11.6. The molecule has 1 atom stereocenters. The molecular weight excluding hydrogens is 178 g/mol. The third-order valence-electron chi connectivity index (χ3n) is 2.97. The van der Waals surface area contributed by atoms with Crippen molar-refractivity contribution in [2.45, 2.75) is 33.7 Å². The van der Waals surface area contributed by atoms with Gasteiger partial charge in [-0.05, 0) is 20.8 Å². The van der Waals surface area contributed by atoms with E-state index in [1.54, 1.807) is 0 Å². The van der Waals surface area contributed by atoms with Crippen LogP contribution in [0.1, 0.15) is 27.7 Å². The van der Waals surface area contributed by atoms with E-state index >= 15 is 0 Å². The van der Waals surface area contributed by atoms with Gasteiger partial charge in [0.25, 0.3) is 6.04 Å². The van der Waals surface area contributed by atoms with Gasteiger partial charge in [0.05, 0.1) is 6.61 Å². The lowest BCUT2D eigenvalue weighted by Crippen LogP contribution is -2.33. The topological polar surface area (TPSA) is 29.3 Å². The zero-order valence-corrected chi connectivity index (χ0v) is 9.55. The average Bonchev–Trinajstić information content (AvgIpc) is 2.32. The summed E-state index contributed by atoms with van der Waals surface area (Å²) in [5.74, 6) is -0.149. The quantitative estimate of drug-likeness (QED) is 0.493. The van der Waals surface area contributed by atoms with Crippen LogP contribution in [0, 0.1) is 0 Å². The summed E-state index contributed by atoms with van der Waals surface area (Å²) >= 11 is 0. The fourth-order valence-corrected chi connectivity index (χ4v) is 1.80. The van der Waals surface area contributed by atoms with E-state index in [0.29, 0.717) is 6.61 Å². The van der Waals surface area contributed by atoms with E-state index in [-0.39, 0.29) is 12.0 Å². The molecular formula is C11H18NO2+. The number of hydrogen-bond donors (Lipinski definition) is 0. The summed E-state index contributed by atoms with van der Waals surface area (Å²) in [7, 11) is 1.93. The lowest BCUT2D eigenvalue weighted by molar-refractivity contribution is -0.512. The van der Waals surface area contributed by atoms with E-state index < -0.39 is 0 Å². The molecule has 0 fully saturated rings. The molecule has 1 aliphatic heterocycles. The van der Waals surface area contributed by atoms with Gasteiger partial charge in [0.2, 0.25) is 0 Å². The molecule has 1 aliphatic rings. The van der Waals surface area contributed by atoms with Crippen molar-refractivity contribution < 1.29 is 14.1 Å². The van der Waals surface area contributed by atoms with E-state index in [4.69, 9.17) is 4.74 Å². The molecule has 0 aromatic heterocycles. The number of likely N-dealkylation sites (N-methyl/N-ethyl adjacent to an activating group) is 1. The summed E-state index contributed by atoms with van der Waals surface area (Å²) in [6.07, 6.45) is 0. The lowest BCUT2D eigenvalue weighted by Gasteiger charge is -2.08. The maximum atomic E-state index is 11.6. The number of allylic oxidation sites excluding steroid dienone is 1. The molecule has 1 rings (SSSR count). The second-order valence-electron chi connectivity index (χ2n) is 3.66. The molecule has 3 nitrogen and oxygen atoms in total. The normalized spacial score (nSPS) is 21.9. The smallest absolute Gasteiger partial charge is 0.380 e. The second kappa shape index (κ2) is 3.95. The highest BCUT2D eigenvalue weighted by Crippen LogP contribution is 2.20. The summed E-state index contributed by atoms with van der Waals surface area (Å²) < 4.78 is 7.01. The standard InChI is InChI=1S/C11H18NO2/c1-6-14-11(13)10-8(3)7(2)9(4)12(10)5/h10H,6H2,1-5H3/q+1. The van der Waals surface area contributed by atoms with Crippen LogP contribution < -0.4 is 0 Å². The molecule has 0 spiro atoms. The van der Waals surface area contributed by atoms with Crippen molar-refractivity contribution in [2.75, 3.05) is 13.7 Å². The molecule has 1 unspecified atom stereocenters. The molecule has 14 heavy (non-hydrogen) atoms. The molecule has 0 aliphatic carbocycles. The van der Waals surface area contributed by atoms with Crippen LogP contribution in [0.5, 0.6) is 0 Å². The first-order chi connectivity index (χ1) is 6.50. The number of hydrogen-bond acceptors (Lipinski definition) is 2. The van der Waals surface area contributed by atoms with Crippen LogP contribution in [0.2, 0.25) is 0 Å². The monoisotopic (exact) mass is 196 g/mol. The van der Waals surface area contributed by atoms with Gasteiger partial charge in [-0.15, -0.1) is 0 Å². The zero-order chi connectivity index (χ0) is 10.9. The van der Waals surface area contributed by atoms with Gasteiger partial charge in [-0.25, -0.2) is 9.37 Å². The number of esters is 1. The third-order valence-corrected chi connectivity index (χ3v) is 2.97. The van der Waals surface area contributed by atoms with E-state index in [1.165, 1.54) is 5.57 Å². The minimum Gasteiger partial charge on any atom is -0.461 e. The molecule has 1 heterocycles. The Morgan fingerprint density at radius 3 is 2.36 bits per heavy atom. The summed E-state index contributed by atoms with van der Waals surface area (Å²) in [6, 6.07) is -0.213. The fraction of sp³-hybridized carbons (Fsp3) is 0.636. The van der Waals surface area contributed by atoms with Crippen LogP contribution >= 0.6 is 0 Å². The predicted octanol–water partition coefficient (Wildman–Crippen LogP) is 1.37. The molecule has 3 heteroatoms. The third kappa shape index (κ3) is 1.59. The van der Waals surface area contributed by atoms with Gasteiger partial charge in [-0.2, -0.15) is 0 Å². The highest BCUT2D eigenvalue weighted by molar-refractivity contribution is 5.99. The first-order valence-electron chi connectivity index (χ1n) is 4.91. The van der Waals surface area contributed by atoms with E-state index in [2.05, 4.69) is 0 Å². The van der Waals surface area contributed by atoms with Crippen LogP contribution in [-0.4, -0.2) is 36.0 Å². The predicted molar refractivity (Wildman–Crippen MR) is 55.7 cm³/mol. The number of carbonyl (C=O) groups excluding carboxylic acids is 1. The first kappa shape index (κ1) is 11.0. The molecule has 0 aromatic carbocycles. The van der Waals surface area contributed by atoms with Gasteiger partial charge in [-0.1, -0.05) is 0 Å². The molecule has 0 N–H and O–H groups in total. The summed E-state index contributed by atoms with van der Waals surface area (Å²) in [6.45, 7) is 8.33. The van der Waals surface area contributed by atoms with Crippen molar-refractivity contribution in [2.24, 2.45) is 0 Å². The summed E-state index contributed by atoms with van der Waals surface area (Å²) in [5.41, 5.74) is 3.45. The first-order valence-corrected chi connectivity index (χ1v) is 4.91. The second-order valence-corrected chi connectivity index (χ2v) is 3.66. The van der Waals surface area contributed by atoms with Crippen LogP contribution in [0.15, 0.2) is 11.1 Å². The summed E-state index contributed by atoms with van der Waals surface area (Å²) in [4.78, 5) is 11.6. The van der Waals surface area contributed by atoms with Gasteiger partial charge in [0.15, 0.2) is 5.71 Å². The maximum Gasteiger partial charge on any atom is 0.380 e. The minimum absolute atomic E-state index is 0.149. The van der Waals surface area contributed by atoms with Gasteiger partial charge < -0.3 is 4.74 Å². The minimum atomic E-state index is -0.213. The number of rotatable bonds is 2. The van der Waals surface area contributed by atoms with Crippen molar-refractivity contribution >= 4 is 11.7 Å². The molecule has 0 aromatic rings. The van der Waals surface area contributed by atoms with Gasteiger partial charge in [0.1, 0.15) is 7.05 Å². The Morgan fingerprint density at radius 1 is 1.43 bits per heavy atom. The van der Waals surface area contributed by atoms with E-state index in [9.17, 15) is 4.79 Å². The molecule has 0 saturated carbocycles. The summed E-state index contributed by atoms with van der Waals surface area (Å²) in [5, 5.41) is 0. The zero-order valence-electron chi connectivity index (χ0n) is 9.55. The molecule has 0 saturated heterocycles. The Morgan fingerprint density at radius 2 is 2.00 bits per heavy atom. The van der Waals surface area contributed by atoms with Crippen molar-refractivity contribution in [1.29, 1.82) is 0 Å². The SMILES string of the molecule is CCOC(=O)C1C(C)=C(C)C(C)=[N+]1C. The Bertz CT molecular complexity index is 302. The van der Waals surface area contributed by atoms with Crippen LogP contribution in [0.4, 0.5) is 0 Å². The molecule has 0 radical (unpaired) electrons. The van der Waals surface area contributed by atoms with E-state index in [0.717, 1.165) is 11.3 Å². The highest BCUT2D eigenvalue weighted by Gasteiger charge is 2.38. The number of nitrogens with zero attached hydrogens (tertiary/aromatic N) is 1. The largest absolute Gasteiger partial charge is 0.461 e. The lowest BCUT2D eigenvalue weighted by atomic mass is 10.1. The van der Waals surface area contributed by atoms with Gasteiger partial charge in [-0.3, -0.25) is 0 Å².